The van der Waals surface area contributed by atoms with Crippen molar-refractivity contribution in [3.63, 3.8) is 0 Å². The van der Waals surface area contributed by atoms with Crippen LogP contribution in [-0.4, -0.2) is 23.4 Å². The highest BCUT2D eigenvalue weighted by Crippen LogP contribution is 2.04. The lowest BCUT2D eigenvalue weighted by molar-refractivity contribution is 0.0581. The Morgan fingerprint density at radius 1 is 1.18 bits per heavy atom. The van der Waals surface area contributed by atoms with Crippen LogP contribution in [0.4, 0.5) is 0 Å². The van der Waals surface area contributed by atoms with E-state index in [9.17, 15) is 0 Å². The van der Waals surface area contributed by atoms with E-state index in [1.54, 1.807) is 12.1 Å². The average molecular weight is 231 g/mol. The lowest BCUT2D eigenvalue weighted by Crippen LogP contribution is -2.29. The molecular weight excluding hydrogens is 217 g/mol. The van der Waals surface area contributed by atoms with E-state index in [4.69, 9.17) is 14.8 Å². The fraction of sp³-hybridized carbons (Fsp3) is 0.167. The Labute approximate surface area is 100 Å². The van der Waals surface area contributed by atoms with Crippen molar-refractivity contribution in [2.24, 2.45) is 0 Å². The molecule has 0 amide bonds. The summed E-state index contributed by atoms with van der Waals surface area (Å²) < 4.78 is 5.60. The van der Waals surface area contributed by atoms with Crippen LogP contribution in [-0.2, 0) is 11.3 Å². The van der Waals surface area contributed by atoms with Gasteiger partial charge in [-0.05, 0) is 29.4 Å². The molecule has 4 nitrogen and oxygen atoms in total. The van der Waals surface area contributed by atoms with E-state index in [1.807, 2.05) is 36.6 Å². The maximum atomic E-state index is 8.95. The van der Waals surface area contributed by atoms with Gasteiger partial charge < -0.3 is 20.1 Å². The number of dihydropyridines is 1. The summed E-state index contributed by atoms with van der Waals surface area (Å²) in [5.74, 6) is 0. The molecule has 0 bridgehead atoms. The second kappa shape index (κ2) is 5.68. The van der Waals surface area contributed by atoms with Gasteiger partial charge in [-0.15, -0.1) is 0 Å². The molecule has 3 N–H and O–H groups in total. The van der Waals surface area contributed by atoms with Gasteiger partial charge in [-0.1, -0.05) is 30.3 Å². The van der Waals surface area contributed by atoms with E-state index < -0.39 is 7.12 Å². The zero-order valence-corrected chi connectivity index (χ0v) is 9.28. The highest BCUT2D eigenvalue weighted by Gasteiger charge is 2.10. The number of hydrogen-bond acceptors (Lipinski definition) is 4. The topological polar surface area (TPSA) is 61.7 Å². The van der Waals surface area contributed by atoms with Crippen molar-refractivity contribution >= 4 is 12.6 Å². The Bertz CT molecular complexity index is 414. The van der Waals surface area contributed by atoms with Gasteiger partial charge in [0, 0.05) is 0 Å². The molecule has 1 heterocycles. The molecule has 88 valence electrons. The van der Waals surface area contributed by atoms with Crippen LogP contribution in [0.1, 0.15) is 5.56 Å². The third-order valence-electron chi connectivity index (χ3n) is 2.46. The van der Waals surface area contributed by atoms with Gasteiger partial charge in [0.15, 0.2) is 0 Å². The first-order valence-corrected chi connectivity index (χ1v) is 5.42. The Kier molecular flexibility index (Phi) is 3.98. The minimum absolute atomic E-state index is 0.108. The minimum Gasteiger partial charge on any atom is -0.423 e. The molecule has 5 heteroatoms. The van der Waals surface area contributed by atoms with E-state index in [0.29, 0.717) is 12.1 Å². The molecule has 1 aromatic carbocycles. The van der Waals surface area contributed by atoms with E-state index in [1.165, 1.54) is 0 Å². The Balaban J connectivity index is 1.86. The van der Waals surface area contributed by atoms with Gasteiger partial charge in [0.2, 0.25) is 0 Å². The molecule has 0 aliphatic carbocycles. The highest BCUT2D eigenvalue weighted by molar-refractivity contribution is 6.58. The standard InChI is InChI=1S/C12H14BNO3/c15-13(16)11-6-4-10(5-7-11)9-17-12-3-1-2-8-14-12/h1-8,12,14-16H,9H2. The molecule has 2 rings (SSSR count). The van der Waals surface area contributed by atoms with E-state index in [0.717, 1.165) is 5.56 Å². The molecule has 1 aliphatic heterocycles. The minimum atomic E-state index is -1.42. The van der Waals surface area contributed by atoms with Gasteiger partial charge >= 0.3 is 7.12 Å². The summed E-state index contributed by atoms with van der Waals surface area (Å²) in [4.78, 5) is 0. The summed E-state index contributed by atoms with van der Waals surface area (Å²) in [6.45, 7) is 0.470. The smallest absolute Gasteiger partial charge is 0.423 e. The number of ether oxygens (including phenoxy) is 1. The number of rotatable bonds is 4. The van der Waals surface area contributed by atoms with Gasteiger partial charge in [-0.2, -0.15) is 0 Å². The van der Waals surface area contributed by atoms with E-state index >= 15 is 0 Å². The zero-order valence-electron chi connectivity index (χ0n) is 9.28. The largest absolute Gasteiger partial charge is 0.488 e. The molecule has 0 saturated heterocycles. The third kappa shape index (κ3) is 3.46. The van der Waals surface area contributed by atoms with Crippen LogP contribution >= 0.6 is 0 Å². The average Bonchev–Trinajstić information content (AvgIpc) is 2.38. The van der Waals surface area contributed by atoms with Crippen LogP contribution in [0.25, 0.3) is 0 Å². The van der Waals surface area contributed by atoms with Crippen LogP contribution in [0, 0.1) is 0 Å². The van der Waals surface area contributed by atoms with E-state index in [2.05, 4.69) is 5.32 Å². The van der Waals surface area contributed by atoms with Crippen LogP contribution in [0.5, 0.6) is 0 Å². The Morgan fingerprint density at radius 3 is 2.53 bits per heavy atom. The molecular formula is C12H14BNO3. The normalized spacial score (nSPS) is 17.9. The van der Waals surface area contributed by atoms with Crippen LogP contribution < -0.4 is 10.8 Å². The second-order valence-electron chi connectivity index (χ2n) is 3.76. The quantitative estimate of drug-likeness (QED) is 0.632. The molecule has 17 heavy (non-hydrogen) atoms. The molecule has 0 aromatic heterocycles. The molecule has 1 aromatic rings. The summed E-state index contributed by atoms with van der Waals surface area (Å²) in [6.07, 6.45) is 7.47. The van der Waals surface area contributed by atoms with Crippen LogP contribution in [0.3, 0.4) is 0 Å². The van der Waals surface area contributed by atoms with Crippen molar-refractivity contribution in [1.29, 1.82) is 0 Å². The fourth-order valence-electron chi connectivity index (χ4n) is 1.50. The molecule has 1 aliphatic rings. The summed E-state index contributed by atoms with van der Waals surface area (Å²) in [6, 6.07) is 6.98. The number of hydrogen-bond donors (Lipinski definition) is 3. The van der Waals surface area contributed by atoms with Gasteiger partial charge in [-0.3, -0.25) is 0 Å². The van der Waals surface area contributed by atoms with Gasteiger partial charge in [-0.25, -0.2) is 0 Å². The summed E-state index contributed by atoms with van der Waals surface area (Å²) in [5, 5.41) is 20.9. The lowest BCUT2D eigenvalue weighted by atomic mass is 9.80. The first kappa shape index (κ1) is 11.9. The van der Waals surface area contributed by atoms with Gasteiger partial charge in [0.25, 0.3) is 0 Å². The van der Waals surface area contributed by atoms with Crippen molar-refractivity contribution in [3.05, 3.63) is 54.3 Å². The monoisotopic (exact) mass is 231 g/mol. The predicted molar refractivity (Wildman–Crippen MR) is 66.3 cm³/mol. The van der Waals surface area contributed by atoms with E-state index in [-0.39, 0.29) is 6.23 Å². The molecule has 0 spiro atoms. The number of nitrogens with one attached hydrogen (secondary N) is 1. The maximum absolute atomic E-state index is 8.95. The van der Waals surface area contributed by atoms with Crippen molar-refractivity contribution in [2.75, 3.05) is 0 Å². The van der Waals surface area contributed by atoms with Gasteiger partial charge in [0.05, 0.1) is 6.61 Å². The third-order valence-corrected chi connectivity index (χ3v) is 2.46. The second-order valence-corrected chi connectivity index (χ2v) is 3.76. The first-order valence-electron chi connectivity index (χ1n) is 5.42. The first-order chi connectivity index (χ1) is 8.25. The van der Waals surface area contributed by atoms with Crippen molar-refractivity contribution in [3.8, 4) is 0 Å². The fourth-order valence-corrected chi connectivity index (χ4v) is 1.50. The summed E-state index contributed by atoms with van der Waals surface area (Å²) in [7, 11) is -1.42. The summed E-state index contributed by atoms with van der Waals surface area (Å²) in [5.41, 5.74) is 1.46. The Hall–Kier alpha value is -1.56. The predicted octanol–water partition coefficient (Wildman–Crippen LogP) is -0.118. The Morgan fingerprint density at radius 2 is 1.94 bits per heavy atom. The van der Waals surface area contributed by atoms with Crippen molar-refractivity contribution < 1.29 is 14.8 Å². The van der Waals surface area contributed by atoms with Gasteiger partial charge in [0.1, 0.15) is 6.23 Å². The van der Waals surface area contributed by atoms with Crippen molar-refractivity contribution in [1.82, 2.24) is 5.32 Å². The molecule has 1 unspecified atom stereocenters. The van der Waals surface area contributed by atoms with Crippen LogP contribution in [0.2, 0.25) is 0 Å². The SMILES string of the molecule is OB(O)c1ccc(COC2C=CC=CN2)cc1. The van der Waals surface area contributed by atoms with Crippen LogP contribution in [0.15, 0.2) is 48.7 Å². The maximum Gasteiger partial charge on any atom is 0.488 e. The number of benzene rings is 1. The zero-order chi connectivity index (χ0) is 12.1. The lowest BCUT2D eigenvalue weighted by Gasteiger charge is -2.16. The summed E-state index contributed by atoms with van der Waals surface area (Å²) >= 11 is 0. The molecule has 1 atom stereocenters. The highest BCUT2D eigenvalue weighted by atomic mass is 16.5. The molecule has 0 radical (unpaired) electrons. The molecule has 0 fully saturated rings. The number of allylic oxidation sites excluding steroid dienone is 2. The van der Waals surface area contributed by atoms with Crippen molar-refractivity contribution in [2.45, 2.75) is 12.8 Å². The molecule has 0 saturated carbocycles.